The first-order chi connectivity index (χ1) is 7.29. The number of hydrogen-bond acceptors (Lipinski definition) is 2. The van der Waals surface area contributed by atoms with Crippen LogP contribution in [0.2, 0.25) is 0 Å². The number of carboxylic acid groups (broad SMARTS) is 1. The molecule has 4 nitrogen and oxygen atoms in total. The summed E-state index contributed by atoms with van der Waals surface area (Å²) >= 11 is 0. The minimum absolute atomic E-state index is 0. The fraction of sp³-hybridized carbons (Fsp3) is 0.923. The Morgan fingerprint density at radius 1 is 1.00 bits per heavy atom. The highest BCUT2D eigenvalue weighted by molar-refractivity contribution is 5.60. The van der Waals surface area contributed by atoms with E-state index in [1.54, 1.807) is 0 Å². The van der Waals surface area contributed by atoms with E-state index in [0.29, 0.717) is 0 Å². The van der Waals surface area contributed by atoms with Crippen molar-refractivity contribution in [1.82, 2.24) is 0 Å². The topological polar surface area (TPSA) is 71.6 Å². The number of carbonyl (C=O) groups is 1. The third-order valence-corrected chi connectivity index (χ3v) is 2.18. The van der Waals surface area contributed by atoms with Gasteiger partial charge in [0.2, 0.25) is 0 Å². The van der Waals surface area contributed by atoms with Gasteiger partial charge in [-0.15, -0.1) is 0 Å². The van der Waals surface area contributed by atoms with Gasteiger partial charge < -0.3 is 19.9 Å². The van der Waals surface area contributed by atoms with Crippen LogP contribution < -0.4 is 5.11 Å². The fourth-order valence-electron chi connectivity index (χ4n) is 1.37. The van der Waals surface area contributed by atoms with Crippen molar-refractivity contribution < 1.29 is 19.9 Å². The van der Waals surface area contributed by atoms with Gasteiger partial charge in [-0.1, -0.05) is 32.6 Å². The Labute approximate surface area is 107 Å². The van der Waals surface area contributed by atoms with E-state index in [4.69, 9.17) is 9.90 Å². The minimum atomic E-state index is -1.08. The number of aliphatic carboxylic acids is 1. The van der Waals surface area contributed by atoms with Crippen LogP contribution in [0.3, 0.4) is 0 Å². The van der Waals surface area contributed by atoms with Crippen LogP contribution in [0.1, 0.15) is 52.4 Å². The van der Waals surface area contributed by atoms with Crippen LogP contribution in [0.25, 0.3) is 0 Å². The Morgan fingerprint density at radius 3 is 1.71 bits per heavy atom. The zero-order valence-electron chi connectivity index (χ0n) is 12.2. The molecule has 0 aromatic rings. The Kier molecular flexibility index (Phi) is 17.1. The molecule has 0 saturated carbocycles. The third-order valence-electron chi connectivity index (χ3n) is 2.18. The molecule has 0 aromatic heterocycles. The second kappa shape index (κ2) is 13.5. The summed E-state index contributed by atoms with van der Waals surface area (Å²) in [7, 11) is 6.81. The first-order valence-corrected chi connectivity index (χ1v) is 6.27. The summed E-state index contributed by atoms with van der Waals surface area (Å²) in [6.07, 6.45) is 8.48. The predicted molar refractivity (Wildman–Crippen MR) is 70.6 cm³/mol. The SMILES string of the molecule is CC(=O)[O-].CCCCCCCC[N+](C)(C)C.O. The van der Waals surface area contributed by atoms with Gasteiger partial charge in [-0.25, -0.2) is 0 Å². The molecule has 0 aliphatic carbocycles. The van der Waals surface area contributed by atoms with Crippen molar-refractivity contribution in [2.24, 2.45) is 0 Å². The van der Waals surface area contributed by atoms with Gasteiger partial charge in [0.1, 0.15) is 0 Å². The lowest BCUT2D eigenvalue weighted by Crippen LogP contribution is -2.35. The van der Waals surface area contributed by atoms with Gasteiger partial charge in [-0.2, -0.15) is 0 Å². The molecule has 0 radical (unpaired) electrons. The van der Waals surface area contributed by atoms with E-state index in [0.717, 1.165) is 11.4 Å². The molecule has 2 N–H and O–H groups in total. The van der Waals surface area contributed by atoms with Gasteiger partial charge in [0.05, 0.1) is 27.7 Å². The molecule has 106 valence electrons. The number of rotatable bonds is 7. The maximum Gasteiger partial charge on any atom is 0.0780 e. The molecule has 0 saturated heterocycles. The van der Waals surface area contributed by atoms with Crippen molar-refractivity contribution in [2.45, 2.75) is 52.4 Å². The maximum atomic E-state index is 8.89. The molecule has 0 unspecified atom stereocenters. The van der Waals surface area contributed by atoms with Crippen LogP contribution in [0.4, 0.5) is 0 Å². The molecular formula is C13H31NO3. The monoisotopic (exact) mass is 249 g/mol. The van der Waals surface area contributed by atoms with Crippen molar-refractivity contribution in [3.63, 3.8) is 0 Å². The van der Waals surface area contributed by atoms with Crippen molar-refractivity contribution in [3.8, 4) is 0 Å². The summed E-state index contributed by atoms with van der Waals surface area (Å²) < 4.78 is 1.12. The second-order valence-electron chi connectivity index (χ2n) is 5.27. The molecule has 4 heteroatoms. The van der Waals surface area contributed by atoms with Crippen LogP contribution in [0.15, 0.2) is 0 Å². The summed E-state index contributed by atoms with van der Waals surface area (Å²) in [6, 6.07) is 0. The number of unbranched alkanes of at least 4 members (excludes halogenated alkanes) is 5. The van der Waals surface area contributed by atoms with Gasteiger partial charge in [-0.3, -0.25) is 0 Å². The van der Waals surface area contributed by atoms with Crippen LogP contribution >= 0.6 is 0 Å². The molecule has 0 aromatic carbocycles. The smallest absolute Gasteiger partial charge is 0.0780 e. The number of quaternary nitrogens is 1. The van der Waals surface area contributed by atoms with E-state index in [2.05, 4.69) is 28.1 Å². The molecule has 0 fully saturated rings. The van der Waals surface area contributed by atoms with Crippen molar-refractivity contribution >= 4 is 5.97 Å². The second-order valence-corrected chi connectivity index (χ2v) is 5.27. The van der Waals surface area contributed by atoms with Crippen molar-refractivity contribution in [3.05, 3.63) is 0 Å². The van der Waals surface area contributed by atoms with E-state index in [1.807, 2.05) is 0 Å². The van der Waals surface area contributed by atoms with Gasteiger partial charge in [0, 0.05) is 5.97 Å². The van der Waals surface area contributed by atoms with Gasteiger partial charge in [-0.05, 0) is 19.8 Å². The molecule has 0 spiro atoms. The summed E-state index contributed by atoms with van der Waals surface area (Å²) in [5.74, 6) is -1.08. The lowest BCUT2D eigenvalue weighted by atomic mass is 10.1. The molecule has 17 heavy (non-hydrogen) atoms. The molecular weight excluding hydrogens is 218 g/mol. The minimum Gasteiger partial charge on any atom is -0.550 e. The number of carbonyl (C=O) groups excluding carboxylic acids is 1. The lowest BCUT2D eigenvalue weighted by Gasteiger charge is -2.23. The van der Waals surface area contributed by atoms with E-state index >= 15 is 0 Å². The molecule has 0 heterocycles. The normalized spacial score (nSPS) is 9.94. The maximum absolute atomic E-state index is 8.89. The highest BCUT2D eigenvalue weighted by Gasteiger charge is 2.04. The average molecular weight is 249 g/mol. The van der Waals surface area contributed by atoms with Crippen molar-refractivity contribution in [1.29, 1.82) is 0 Å². The Hall–Kier alpha value is -0.610. The van der Waals surface area contributed by atoms with E-state index in [1.165, 1.54) is 45.1 Å². The molecule has 0 bridgehead atoms. The largest absolute Gasteiger partial charge is 0.550 e. The Balaban J connectivity index is -0.000000340. The fourth-order valence-corrected chi connectivity index (χ4v) is 1.37. The molecule has 0 aliphatic rings. The van der Waals surface area contributed by atoms with Gasteiger partial charge >= 0.3 is 0 Å². The van der Waals surface area contributed by atoms with Gasteiger partial charge in [0.25, 0.3) is 0 Å². The molecule has 0 amide bonds. The van der Waals surface area contributed by atoms with Crippen LogP contribution in [-0.2, 0) is 4.79 Å². The molecule has 0 atom stereocenters. The highest BCUT2D eigenvalue weighted by Crippen LogP contribution is 2.06. The molecule has 0 aliphatic heterocycles. The van der Waals surface area contributed by atoms with E-state index in [-0.39, 0.29) is 5.48 Å². The predicted octanol–water partition coefficient (Wildman–Crippen LogP) is 0.985. The summed E-state index contributed by atoms with van der Waals surface area (Å²) in [4.78, 5) is 8.89. The van der Waals surface area contributed by atoms with Crippen LogP contribution in [0, 0.1) is 0 Å². The first kappa shape index (κ1) is 21.7. The van der Waals surface area contributed by atoms with E-state index in [9.17, 15) is 0 Å². The summed E-state index contributed by atoms with van der Waals surface area (Å²) in [5, 5.41) is 8.89. The standard InChI is InChI=1S/C11H26N.C2H4O2.H2O/c1-5-6-7-8-9-10-11-12(2,3)4;1-2(3)4;/h5-11H2,1-4H3;1H3,(H,3,4);1H2/q+1;;/p-1. The Bertz CT molecular complexity index is 161. The van der Waals surface area contributed by atoms with Crippen LogP contribution in [-0.4, -0.2) is 43.6 Å². The van der Waals surface area contributed by atoms with Crippen molar-refractivity contribution in [2.75, 3.05) is 27.7 Å². The van der Waals surface area contributed by atoms with E-state index < -0.39 is 5.97 Å². The molecule has 0 rings (SSSR count). The zero-order chi connectivity index (χ0) is 13.0. The number of nitrogens with zero attached hydrogens (tertiary/aromatic N) is 1. The Morgan fingerprint density at radius 2 is 1.35 bits per heavy atom. The zero-order valence-corrected chi connectivity index (χ0v) is 12.2. The summed E-state index contributed by atoms with van der Waals surface area (Å²) in [5.41, 5.74) is 0. The lowest BCUT2D eigenvalue weighted by molar-refractivity contribution is -0.870. The average Bonchev–Trinajstić information content (AvgIpc) is 2.08. The highest BCUT2D eigenvalue weighted by atomic mass is 16.4. The van der Waals surface area contributed by atoms with Crippen LogP contribution in [0.5, 0.6) is 0 Å². The number of carboxylic acids is 1. The quantitative estimate of drug-likeness (QED) is 0.498. The van der Waals surface area contributed by atoms with Gasteiger partial charge in [0.15, 0.2) is 0 Å². The first-order valence-electron chi connectivity index (χ1n) is 6.27. The third kappa shape index (κ3) is 39.2. The number of hydrogen-bond donors (Lipinski definition) is 0. The summed E-state index contributed by atoms with van der Waals surface area (Å²) in [6.45, 7) is 4.57.